The highest BCUT2D eigenvalue weighted by Gasteiger charge is 2.14. The molecule has 0 bridgehead atoms. The minimum atomic E-state index is -0.970. The van der Waals surface area contributed by atoms with Gasteiger partial charge in [0.25, 0.3) is 0 Å². The van der Waals surface area contributed by atoms with Crippen LogP contribution in [0.2, 0.25) is 0 Å². The van der Waals surface area contributed by atoms with E-state index in [9.17, 15) is 9.90 Å². The van der Waals surface area contributed by atoms with Gasteiger partial charge in [0, 0.05) is 11.5 Å². The number of aromatic nitrogens is 2. The third kappa shape index (κ3) is 4.53. The van der Waals surface area contributed by atoms with Crippen LogP contribution >= 0.6 is 0 Å². The van der Waals surface area contributed by atoms with Crippen molar-refractivity contribution >= 4 is 34.1 Å². The molecule has 0 radical (unpaired) electrons. The van der Waals surface area contributed by atoms with Crippen LogP contribution in [0, 0.1) is 0 Å². The number of H-pyrrole nitrogens is 1. The molecule has 5 heteroatoms. The average molecular weight is 425 g/mol. The first-order chi connectivity index (χ1) is 15.6. The van der Waals surface area contributed by atoms with Gasteiger partial charge in [-0.3, -0.25) is 5.10 Å². The van der Waals surface area contributed by atoms with Crippen molar-refractivity contribution in [2.24, 2.45) is 0 Å². The Bertz CT molecular complexity index is 1300. The summed E-state index contributed by atoms with van der Waals surface area (Å²) in [7, 11) is 0. The zero-order chi connectivity index (χ0) is 22.5. The van der Waals surface area contributed by atoms with E-state index in [-0.39, 0.29) is 6.61 Å². The molecule has 0 atom stereocenters. The first kappa shape index (κ1) is 21.3. The summed E-state index contributed by atoms with van der Waals surface area (Å²) >= 11 is 0. The molecule has 5 nitrogen and oxygen atoms in total. The van der Waals surface area contributed by atoms with E-state index in [1.165, 1.54) is 5.57 Å². The van der Waals surface area contributed by atoms with E-state index in [1.807, 2.05) is 60.8 Å². The van der Waals surface area contributed by atoms with Gasteiger partial charge in [-0.2, -0.15) is 5.10 Å². The van der Waals surface area contributed by atoms with E-state index in [1.54, 1.807) is 6.08 Å². The number of carboxylic acids is 1. The molecule has 0 saturated carbocycles. The van der Waals surface area contributed by atoms with Crippen molar-refractivity contribution in [1.82, 2.24) is 10.2 Å². The number of aliphatic hydroxyl groups is 1. The minimum Gasteiger partial charge on any atom is -0.478 e. The molecule has 0 amide bonds. The second kappa shape index (κ2) is 9.45. The number of allylic oxidation sites excluding steroid dienone is 1. The van der Waals surface area contributed by atoms with Crippen LogP contribution in [0.25, 0.3) is 28.1 Å². The van der Waals surface area contributed by atoms with Gasteiger partial charge in [-0.05, 0) is 63.6 Å². The Labute approximate surface area is 186 Å². The van der Waals surface area contributed by atoms with E-state index in [4.69, 9.17) is 5.11 Å². The molecular formula is C27H24N2O3. The molecular weight excluding hydrogens is 400 g/mol. The van der Waals surface area contributed by atoms with Crippen LogP contribution in [0.3, 0.4) is 0 Å². The highest BCUT2D eigenvalue weighted by atomic mass is 16.4. The van der Waals surface area contributed by atoms with Gasteiger partial charge in [0.15, 0.2) is 0 Å². The topological polar surface area (TPSA) is 86.2 Å². The number of aromatic amines is 1. The minimum absolute atomic E-state index is 0.0147. The number of aliphatic hydroxyl groups excluding tert-OH is 1. The molecule has 0 saturated heterocycles. The summed E-state index contributed by atoms with van der Waals surface area (Å²) in [4.78, 5) is 10.8. The van der Waals surface area contributed by atoms with Crippen molar-refractivity contribution in [2.45, 2.75) is 20.0 Å². The van der Waals surface area contributed by atoms with E-state index >= 15 is 0 Å². The molecule has 4 aromatic rings. The van der Waals surface area contributed by atoms with Crippen molar-refractivity contribution in [3.8, 4) is 0 Å². The number of benzene rings is 3. The molecule has 32 heavy (non-hydrogen) atoms. The standard InChI is InChI=1S/C27H24N2O3/c1-2-24(20-8-5-19(17-30)6-9-20)27(22-12-13-25-23(15-22)16-28-29-25)21-10-3-18(4-11-21)7-14-26(31)32/h3-16,30H,2,17H2,1H3,(H,28,29)(H,31,32)/b14-7+,27-24+. The lowest BCUT2D eigenvalue weighted by atomic mass is 9.87. The monoisotopic (exact) mass is 424 g/mol. The number of carbonyl (C=O) groups is 1. The van der Waals surface area contributed by atoms with Crippen molar-refractivity contribution < 1.29 is 15.0 Å². The predicted octanol–water partition coefficient (Wildman–Crippen LogP) is 5.52. The summed E-state index contributed by atoms with van der Waals surface area (Å²) in [5, 5.41) is 26.5. The second-order valence-corrected chi connectivity index (χ2v) is 7.53. The van der Waals surface area contributed by atoms with Gasteiger partial charge in [0.1, 0.15) is 0 Å². The smallest absolute Gasteiger partial charge is 0.328 e. The Hall–Kier alpha value is -3.96. The summed E-state index contributed by atoms with van der Waals surface area (Å²) in [6, 6.07) is 22.1. The highest BCUT2D eigenvalue weighted by molar-refractivity contribution is 6.00. The molecule has 3 aromatic carbocycles. The number of fused-ring (bicyclic) bond motifs is 1. The second-order valence-electron chi connectivity index (χ2n) is 7.53. The third-order valence-electron chi connectivity index (χ3n) is 5.49. The first-order valence-electron chi connectivity index (χ1n) is 10.5. The summed E-state index contributed by atoms with van der Waals surface area (Å²) < 4.78 is 0. The largest absolute Gasteiger partial charge is 0.478 e. The third-order valence-corrected chi connectivity index (χ3v) is 5.49. The average Bonchev–Trinajstić information content (AvgIpc) is 3.29. The number of hydrogen-bond donors (Lipinski definition) is 3. The lowest BCUT2D eigenvalue weighted by Gasteiger charge is -2.17. The number of aliphatic carboxylic acids is 1. The zero-order valence-electron chi connectivity index (χ0n) is 17.7. The fraction of sp³-hybridized carbons (Fsp3) is 0.111. The van der Waals surface area contributed by atoms with Gasteiger partial charge < -0.3 is 10.2 Å². The highest BCUT2D eigenvalue weighted by Crippen LogP contribution is 2.35. The van der Waals surface area contributed by atoms with Crippen molar-refractivity contribution in [3.05, 3.63) is 107 Å². The molecule has 1 heterocycles. The van der Waals surface area contributed by atoms with E-state index in [2.05, 4.69) is 29.3 Å². The van der Waals surface area contributed by atoms with Crippen LogP contribution in [-0.4, -0.2) is 26.4 Å². The summed E-state index contributed by atoms with van der Waals surface area (Å²) in [6.07, 6.45) is 5.36. The molecule has 0 unspecified atom stereocenters. The fourth-order valence-corrected chi connectivity index (χ4v) is 3.88. The predicted molar refractivity (Wildman–Crippen MR) is 128 cm³/mol. The Balaban J connectivity index is 1.88. The van der Waals surface area contributed by atoms with E-state index in [0.29, 0.717) is 0 Å². The normalized spacial score (nSPS) is 12.3. The molecule has 1 aromatic heterocycles. The van der Waals surface area contributed by atoms with Crippen molar-refractivity contribution in [1.29, 1.82) is 0 Å². The SMILES string of the molecule is CC/C(=C(/c1ccc(/C=C/C(=O)O)cc1)c1ccc2[nH]ncc2c1)c1ccc(CO)cc1. The number of nitrogens with zero attached hydrogens (tertiary/aromatic N) is 1. The summed E-state index contributed by atoms with van der Waals surface area (Å²) in [5.74, 6) is -0.970. The molecule has 4 rings (SSSR count). The van der Waals surface area contributed by atoms with Crippen LogP contribution in [0.4, 0.5) is 0 Å². The van der Waals surface area contributed by atoms with Gasteiger partial charge in [-0.1, -0.05) is 61.5 Å². The number of nitrogens with one attached hydrogen (secondary N) is 1. The van der Waals surface area contributed by atoms with Gasteiger partial charge in [-0.15, -0.1) is 0 Å². The molecule has 0 fully saturated rings. The Morgan fingerprint density at radius 1 is 0.969 bits per heavy atom. The van der Waals surface area contributed by atoms with E-state index in [0.717, 1.165) is 56.8 Å². The number of carboxylic acid groups (broad SMARTS) is 1. The van der Waals surface area contributed by atoms with Crippen LogP contribution in [0.5, 0.6) is 0 Å². The van der Waals surface area contributed by atoms with Crippen molar-refractivity contribution in [3.63, 3.8) is 0 Å². The van der Waals surface area contributed by atoms with Crippen LogP contribution in [-0.2, 0) is 11.4 Å². The molecule has 0 spiro atoms. The first-order valence-corrected chi connectivity index (χ1v) is 10.5. The Kier molecular flexibility index (Phi) is 6.29. The van der Waals surface area contributed by atoms with E-state index < -0.39 is 5.97 Å². The number of hydrogen-bond acceptors (Lipinski definition) is 3. The van der Waals surface area contributed by atoms with Gasteiger partial charge in [0.05, 0.1) is 18.3 Å². The van der Waals surface area contributed by atoms with Crippen molar-refractivity contribution in [2.75, 3.05) is 0 Å². The van der Waals surface area contributed by atoms with Crippen LogP contribution in [0.15, 0.2) is 79.0 Å². The molecule has 0 aliphatic rings. The van der Waals surface area contributed by atoms with Crippen LogP contribution in [0.1, 0.15) is 41.2 Å². The quantitative estimate of drug-likeness (QED) is 0.269. The lowest BCUT2D eigenvalue weighted by Crippen LogP contribution is -1.96. The number of rotatable bonds is 7. The summed E-state index contributed by atoms with van der Waals surface area (Å²) in [5.41, 5.74) is 8.20. The maximum atomic E-state index is 10.8. The molecule has 160 valence electrons. The molecule has 0 aliphatic heterocycles. The maximum Gasteiger partial charge on any atom is 0.328 e. The summed E-state index contributed by atoms with van der Waals surface area (Å²) in [6.45, 7) is 2.15. The van der Waals surface area contributed by atoms with Gasteiger partial charge in [0.2, 0.25) is 0 Å². The zero-order valence-corrected chi connectivity index (χ0v) is 17.7. The van der Waals surface area contributed by atoms with Gasteiger partial charge in [-0.25, -0.2) is 4.79 Å². The van der Waals surface area contributed by atoms with Crippen LogP contribution < -0.4 is 0 Å². The van der Waals surface area contributed by atoms with Gasteiger partial charge >= 0.3 is 5.97 Å². The maximum absolute atomic E-state index is 10.8. The Morgan fingerprint density at radius 2 is 1.66 bits per heavy atom. The molecule has 3 N–H and O–H groups in total. The Morgan fingerprint density at radius 3 is 2.31 bits per heavy atom. The fourth-order valence-electron chi connectivity index (χ4n) is 3.88. The lowest BCUT2D eigenvalue weighted by molar-refractivity contribution is -0.131. The molecule has 0 aliphatic carbocycles.